The maximum atomic E-state index is 11.7. The lowest BCUT2D eigenvalue weighted by Gasteiger charge is -2.17. The summed E-state index contributed by atoms with van der Waals surface area (Å²) in [7, 11) is 0. The van der Waals surface area contributed by atoms with E-state index < -0.39 is 16.6 Å². The highest BCUT2D eigenvalue weighted by Gasteiger charge is 2.29. The minimum absolute atomic E-state index is 0.00328. The third kappa shape index (κ3) is 71.5. The van der Waals surface area contributed by atoms with E-state index in [-0.39, 0.29) is 189 Å². The number of nitrogens with one attached hydrogen (secondary N) is 1. The number of carbonyl (C=O) groups is 18. The van der Waals surface area contributed by atoms with Crippen LogP contribution < -0.4 is 0 Å². The smallest absolute Gasteiger partial charge is 0.221 e. The number of ether oxygens (including phenoxy) is 1. The van der Waals surface area contributed by atoms with Gasteiger partial charge in [0.2, 0.25) is 11.6 Å². The number of aromatic nitrogens is 2. The zero-order valence-corrected chi connectivity index (χ0v) is 83.0. The number of nitrogens with zero attached hydrogens (tertiary/aromatic N) is 1. The number of carbonyl (C=O) groups excluding carboxylic acids is 18. The molecule has 0 aliphatic carbocycles. The van der Waals surface area contributed by atoms with E-state index in [2.05, 4.69) is 23.5 Å². The van der Waals surface area contributed by atoms with Crippen molar-refractivity contribution in [2.45, 2.75) is 343 Å². The molecular weight excluding hydrogens is 1590 g/mol. The molecule has 0 spiro atoms. The Morgan fingerprint density at radius 1 is 0.413 bits per heavy atom. The third-order valence-electron chi connectivity index (χ3n) is 18.1. The molecule has 1 saturated heterocycles. The number of hydrogen-bond acceptors (Lipinski definition) is 20. The van der Waals surface area contributed by atoms with Gasteiger partial charge in [0.25, 0.3) is 0 Å². The van der Waals surface area contributed by atoms with Crippen molar-refractivity contribution in [3.05, 3.63) is 138 Å². The molecular formula is C105H160N2O19. The van der Waals surface area contributed by atoms with E-state index in [0.29, 0.717) is 88.3 Å². The van der Waals surface area contributed by atoms with E-state index in [0.717, 1.165) is 29.6 Å². The minimum atomic E-state index is -0.566. The summed E-state index contributed by atoms with van der Waals surface area (Å²) in [4.78, 5) is 213. The first-order valence-electron chi connectivity index (χ1n) is 44.0. The number of benzene rings is 1. The SMILES string of the molecule is C/C=C/C(=O)CCC(=O)CCC(=O)C(C)(C)C.C=C(C)C(=O)CCC(=O)CCC(=O)C(C)(C)C.CC(C)(C)C(=O)CCC(=O)/C=C/c1ccccc1.CC(C)(C)C(=O)CCC(=O)/C=C/c1ncc[nH]1.CC(C)(C)C(=O)CCC(=O)C=C1COC1.CC(C)/C=C/C(=O)CCC(=O)C(C)(C)C.CC(C)=CC(=O)C(=O)C(C)(C)C.CCC/C=C/C(=O)CCC(=O)C(C)(C)C. The number of ketones is 18. The number of Topliss-reactive ketones (excluding diaryl/α,β-unsaturated/α-hetero) is 11. The summed E-state index contributed by atoms with van der Waals surface area (Å²) in [6, 6.07) is 9.65. The van der Waals surface area contributed by atoms with E-state index in [1.54, 1.807) is 103 Å². The standard InChI is InChI=1S/C16H20O2.2C14H22O3.C13H18N2O2.2C13H22O2.C12H18O3.C10H16O2/c1-16(2,3)15(18)12-11-14(17)10-9-13-7-5-4-6-8-13;1-10(2)12(16)8-6-11(15)7-9-13(17)14(3,4)5;1-5-6-11(15)7-8-12(16)9-10-13(17)14(2,3)4;1-13(2,3)11(17)6-4-10(16)5-7-12-14-8-9-15-12;1-10(2)6-7-11(14)8-9-12(15)13(3,4)5;1-5-6-7-8-11(14)9-10-12(15)13(2,3)4;1-12(2,3)11(14)5-4-10(13)6-9-7-15-8-9;1-7(2)6-8(11)9(12)10(3,4)5/h4-10H,11-12H2,1-3H3;1,6-9H2,2-5H3;5-6H,7-10H2,1-4H3;5,7-9H,4,6H2,1-3H3,(H,14,15);6-7,10H,8-9H2,1-5H3;7-8H,5-6,9-10H2,1-4H3;6H,4-5,7-8H2,1-3H3;6H,1-5H3/b10-9+;;6-5+;7-5+;7-6+;8-7+;;. The van der Waals surface area contributed by atoms with Crippen molar-refractivity contribution in [3.8, 4) is 0 Å². The van der Waals surface area contributed by atoms with Crippen molar-refractivity contribution in [1.82, 2.24) is 9.97 Å². The lowest BCUT2D eigenvalue weighted by Crippen LogP contribution is -2.27. The highest BCUT2D eigenvalue weighted by molar-refractivity contribution is 6.43. The average molecular weight is 1750 g/mol. The molecule has 1 aromatic carbocycles. The van der Waals surface area contributed by atoms with E-state index in [1.807, 2.05) is 202 Å². The van der Waals surface area contributed by atoms with Gasteiger partial charge in [-0.3, -0.25) is 86.3 Å². The molecule has 2 heterocycles. The molecule has 704 valence electrons. The van der Waals surface area contributed by atoms with Gasteiger partial charge in [-0.15, -0.1) is 0 Å². The molecule has 0 amide bonds. The quantitative estimate of drug-likeness (QED) is 0.0477. The van der Waals surface area contributed by atoms with Crippen LogP contribution in [0.5, 0.6) is 0 Å². The number of hydrogen-bond donors (Lipinski definition) is 1. The van der Waals surface area contributed by atoms with Gasteiger partial charge in [-0.2, -0.15) is 0 Å². The lowest BCUT2D eigenvalue weighted by atomic mass is 9.87. The first kappa shape index (κ1) is 125. The third-order valence-corrected chi connectivity index (χ3v) is 18.1. The fraction of sp³-hybridized carbons (Fsp3) is 0.590. The minimum Gasteiger partial charge on any atom is -0.373 e. The van der Waals surface area contributed by atoms with Crippen LogP contribution in [0.2, 0.25) is 0 Å². The molecule has 1 aliphatic heterocycles. The Bertz CT molecular complexity index is 4090. The summed E-state index contributed by atoms with van der Waals surface area (Å²) in [5.41, 5.74) is 0.284. The largest absolute Gasteiger partial charge is 0.373 e. The van der Waals surface area contributed by atoms with Gasteiger partial charge in [-0.1, -0.05) is 260 Å². The van der Waals surface area contributed by atoms with Gasteiger partial charge in [0.1, 0.15) is 57.9 Å². The van der Waals surface area contributed by atoms with Crippen LogP contribution >= 0.6 is 0 Å². The Morgan fingerprint density at radius 3 is 1.05 bits per heavy atom. The Balaban J connectivity index is -0.000000444. The summed E-state index contributed by atoms with van der Waals surface area (Å²) >= 11 is 0. The number of rotatable bonds is 41. The van der Waals surface area contributed by atoms with E-state index in [4.69, 9.17) is 4.74 Å². The second kappa shape index (κ2) is 63.3. The highest BCUT2D eigenvalue weighted by atomic mass is 16.5. The summed E-state index contributed by atoms with van der Waals surface area (Å²) in [5.74, 6) is 1.04. The van der Waals surface area contributed by atoms with E-state index in [1.165, 1.54) is 18.2 Å². The molecule has 1 fully saturated rings. The van der Waals surface area contributed by atoms with Crippen LogP contribution in [0.15, 0.2) is 127 Å². The van der Waals surface area contributed by atoms with Crippen LogP contribution in [0.25, 0.3) is 12.2 Å². The molecule has 2 aromatic rings. The second-order valence-corrected chi connectivity index (χ2v) is 40.1. The molecule has 1 N–H and O–H groups in total. The second-order valence-electron chi connectivity index (χ2n) is 40.1. The van der Waals surface area contributed by atoms with E-state index >= 15 is 0 Å². The number of imidazole rings is 1. The molecule has 21 heteroatoms. The number of aromatic amines is 1. The molecule has 0 atom stereocenters. The Hall–Kier alpha value is -9.63. The lowest BCUT2D eigenvalue weighted by molar-refractivity contribution is -0.138. The van der Waals surface area contributed by atoms with Crippen molar-refractivity contribution in [2.24, 2.45) is 49.2 Å². The normalized spacial score (nSPS) is 12.2. The van der Waals surface area contributed by atoms with Crippen LogP contribution in [0.4, 0.5) is 0 Å². The summed E-state index contributed by atoms with van der Waals surface area (Å²) in [6.45, 7) is 62.1. The predicted molar refractivity (Wildman–Crippen MR) is 508 cm³/mol. The van der Waals surface area contributed by atoms with Gasteiger partial charge in [0, 0.05) is 171 Å². The molecule has 0 radical (unpaired) electrons. The van der Waals surface area contributed by atoms with Gasteiger partial charge in [-0.05, 0) is 105 Å². The van der Waals surface area contributed by atoms with Gasteiger partial charge < -0.3 is 9.72 Å². The van der Waals surface area contributed by atoms with Crippen LogP contribution in [0.1, 0.15) is 354 Å². The summed E-state index contributed by atoms with van der Waals surface area (Å²) in [6.07, 6.45) is 29.9. The molecule has 1 aliphatic rings. The van der Waals surface area contributed by atoms with Crippen LogP contribution in [0, 0.1) is 49.2 Å². The Kier molecular flexibility index (Phi) is 62.8. The van der Waals surface area contributed by atoms with Gasteiger partial charge >= 0.3 is 0 Å². The van der Waals surface area contributed by atoms with Crippen molar-refractivity contribution < 1.29 is 91.0 Å². The van der Waals surface area contributed by atoms with Crippen LogP contribution in [-0.4, -0.2) is 127 Å². The van der Waals surface area contributed by atoms with Crippen molar-refractivity contribution in [1.29, 1.82) is 0 Å². The first-order valence-corrected chi connectivity index (χ1v) is 44.0. The van der Waals surface area contributed by atoms with Crippen LogP contribution in [-0.2, 0) is 91.0 Å². The summed E-state index contributed by atoms with van der Waals surface area (Å²) in [5, 5.41) is 0. The Labute approximate surface area is 756 Å². The predicted octanol–water partition coefficient (Wildman–Crippen LogP) is 22.3. The molecule has 3 rings (SSSR count). The van der Waals surface area contributed by atoms with Gasteiger partial charge in [0.15, 0.2) is 40.5 Å². The zero-order chi connectivity index (χ0) is 99.0. The molecule has 0 saturated carbocycles. The molecule has 21 nitrogen and oxygen atoms in total. The molecule has 0 bridgehead atoms. The summed E-state index contributed by atoms with van der Waals surface area (Å²) < 4.78 is 4.93. The maximum Gasteiger partial charge on any atom is 0.221 e. The van der Waals surface area contributed by atoms with Crippen molar-refractivity contribution >= 4 is 116 Å². The molecule has 0 unspecified atom stereocenters. The topological polar surface area (TPSA) is 345 Å². The fourth-order valence-corrected chi connectivity index (χ4v) is 9.17. The average Bonchev–Trinajstić information content (AvgIpc) is 0.915. The molecule has 1 aromatic heterocycles. The van der Waals surface area contributed by atoms with Crippen molar-refractivity contribution in [3.63, 3.8) is 0 Å². The monoisotopic (exact) mass is 1750 g/mol. The van der Waals surface area contributed by atoms with Gasteiger partial charge in [-0.25, -0.2) is 4.98 Å². The Morgan fingerprint density at radius 2 is 0.738 bits per heavy atom. The number of allylic oxidation sites excluding steroid dienone is 12. The number of unbranched alkanes of at least 4 members (excludes halogenated alkanes) is 1. The fourth-order valence-electron chi connectivity index (χ4n) is 9.17. The number of H-pyrrole nitrogens is 1. The van der Waals surface area contributed by atoms with Gasteiger partial charge in [0.05, 0.1) is 13.2 Å². The maximum absolute atomic E-state index is 11.7. The zero-order valence-electron chi connectivity index (χ0n) is 83.0. The van der Waals surface area contributed by atoms with E-state index in [9.17, 15) is 86.3 Å². The highest BCUT2D eigenvalue weighted by Crippen LogP contribution is 2.25. The van der Waals surface area contributed by atoms with Crippen molar-refractivity contribution in [2.75, 3.05) is 13.2 Å². The first-order chi connectivity index (χ1) is 57.4. The molecule has 126 heavy (non-hydrogen) atoms. The van der Waals surface area contributed by atoms with Crippen LogP contribution in [0.3, 0.4) is 0 Å².